The van der Waals surface area contributed by atoms with Gasteiger partial charge in [0.05, 0.1) is 5.56 Å². The summed E-state index contributed by atoms with van der Waals surface area (Å²) in [5, 5.41) is 15.3. The maximum atomic E-state index is 11.2. The van der Waals surface area contributed by atoms with Crippen molar-refractivity contribution in [2.45, 2.75) is 13.3 Å². The zero-order chi connectivity index (χ0) is 20.1. The van der Waals surface area contributed by atoms with Crippen LogP contribution in [0.1, 0.15) is 18.1 Å². The van der Waals surface area contributed by atoms with Crippen molar-refractivity contribution in [1.82, 2.24) is 10.1 Å². The van der Waals surface area contributed by atoms with Gasteiger partial charge in [0.15, 0.2) is 12.9 Å². The molecule has 1 heterocycles. The van der Waals surface area contributed by atoms with Crippen LogP contribution in [-0.2, 0) is 16.0 Å². The lowest BCUT2D eigenvalue weighted by Crippen LogP contribution is -2.11. The Morgan fingerprint density at radius 2 is 1.96 bits per heavy atom. The number of hydrogen-bond donors (Lipinski definition) is 2. The van der Waals surface area contributed by atoms with Gasteiger partial charge in [-0.15, -0.1) is 0 Å². The molecule has 8 nitrogen and oxygen atoms in total. The van der Waals surface area contributed by atoms with Gasteiger partial charge in [-0.2, -0.15) is 4.98 Å². The van der Waals surface area contributed by atoms with E-state index in [9.17, 15) is 9.59 Å². The van der Waals surface area contributed by atoms with E-state index in [1.807, 2.05) is 24.3 Å². The topological polar surface area (TPSA) is 115 Å². The van der Waals surface area contributed by atoms with E-state index in [-0.39, 0.29) is 11.8 Å². The molecule has 0 saturated heterocycles. The Kier molecular flexibility index (Phi) is 6.05. The number of carboxylic acid groups (broad SMARTS) is 1. The van der Waals surface area contributed by atoms with Crippen LogP contribution in [-0.4, -0.2) is 33.7 Å². The number of carbonyl (C=O) groups is 2. The van der Waals surface area contributed by atoms with Crippen molar-refractivity contribution in [3.8, 4) is 17.2 Å². The third-order valence-electron chi connectivity index (χ3n) is 3.80. The van der Waals surface area contributed by atoms with Crippen molar-refractivity contribution in [1.29, 1.82) is 0 Å². The molecule has 144 valence electrons. The molecule has 0 spiro atoms. The lowest BCUT2D eigenvalue weighted by atomic mass is 9.98. The van der Waals surface area contributed by atoms with Gasteiger partial charge >= 0.3 is 5.97 Å². The molecule has 0 aliphatic heterocycles. The van der Waals surface area contributed by atoms with Crippen molar-refractivity contribution in [3.63, 3.8) is 0 Å². The second kappa shape index (κ2) is 8.66. The highest BCUT2D eigenvalue weighted by atomic mass is 79.9. The summed E-state index contributed by atoms with van der Waals surface area (Å²) in [6.45, 7) is 0.956. The number of halogens is 1. The molecule has 2 aromatic carbocycles. The molecule has 0 unspecified atom stereocenters. The smallest absolute Gasteiger partial charge is 0.341 e. The van der Waals surface area contributed by atoms with Gasteiger partial charge in [0, 0.05) is 17.1 Å². The Bertz CT molecular complexity index is 988. The largest absolute Gasteiger partial charge is 0.481 e. The molecule has 0 aliphatic carbocycles. The molecule has 9 heteroatoms. The fourth-order valence-corrected chi connectivity index (χ4v) is 3.14. The van der Waals surface area contributed by atoms with Crippen LogP contribution in [0.3, 0.4) is 0 Å². The van der Waals surface area contributed by atoms with Crippen molar-refractivity contribution in [3.05, 3.63) is 58.3 Å². The van der Waals surface area contributed by atoms with Crippen LogP contribution in [0.15, 0.2) is 51.7 Å². The van der Waals surface area contributed by atoms with Gasteiger partial charge in [-0.25, -0.2) is 4.79 Å². The minimum atomic E-state index is -1.09. The fourth-order valence-electron chi connectivity index (χ4n) is 2.66. The Morgan fingerprint density at radius 1 is 1.21 bits per heavy atom. The molecule has 0 atom stereocenters. The quantitative estimate of drug-likeness (QED) is 0.571. The molecular formula is C19H16BrN3O5. The van der Waals surface area contributed by atoms with E-state index < -0.39 is 12.6 Å². The first-order valence-corrected chi connectivity index (χ1v) is 9.03. The van der Waals surface area contributed by atoms with Crippen LogP contribution in [0, 0.1) is 0 Å². The van der Waals surface area contributed by atoms with Crippen LogP contribution in [0.25, 0.3) is 11.5 Å². The zero-order valence-corrected chi connectivity index (χ0v) is 16.4. The molecular weight excluding hydrogens is 430 g/mol. The standard InChI is InChI=1S/C19H16BrN3O5/c1-11(24)23-13-4-2-12(3-5-13)8-14-15(20)6-7-16(27-9-17(25)26)18(14)19-21-10-22-28-19/h2-7,10H,8-9H2,1H3,(H,23,24)(H,25,26). The minimum absolute atomic E-state index is 0.141. The molecule has 0 radical (unpaired) electrons. The van der Waals surface area contributed by atoms with E-state index in [0.717, 1.165) is 15.6 Å². The van der Waals surface area contributed by atoms with Gasteiger partial charge in [0.25, 0.3) is 5.89 Å². The van der Waals surface area contributed by atoms with Crippen LogP contribution in [0.4, 0.5) is 5.69 Å². The highest BCUT2D eigenvalue weighted by Gasteiger charge is 2.20. The van der Waals surface area contributed by atoms with Crippen LogP contribution < -0.4 is 10.1 Å². The van der Waals surface area contributed by atoms with Crippen molar-refractivity contribution in [2.24, 2.45) is 0 Å². The van der Waals surface area contributed by atoms with Crippen LogP contribution in [0.5, 0.6) is 5.75 Å². The number of amides is 1. The van der Waals surface area contributed by atoms with Gasteiger partial charge in [-0.3, -0.25) is 4.79 Å². The van der Waals surface area contributed by atoms with Gasteiger partial charge < -0.3 is 19.7 Å². The number of aliphatic carboxylic acids is 1. The Hall–Kier alpha value is -3.20. The third-order valence-corrected chi connectivity index (χ3v) is 4.54. The molecule has 0 saturated carbocycles. The number of rotatable bonds is 7. The molecule has 2 N–H and O–H groups in total. The molecule has 1 amide bonds. The monoisotopic (exact) mass is 445 g/mol. The van der Waals surface area contributed by atoms with E-state index in [4.69, 9.17) is 14.4 Å². The Morgan fingerprint density at radius 3 is 2.57 bits per heavy atom. The predicted octanol–water partition coefficient (Wildman–Crippen LogP) is 3.51. The number of ether oxygens (including phenoxy) is 1. The first kappa shape index (κ1) is 19.6. The maximum absolute atomic E-state index is 11.2. The summed E-state index contributed by atoms with van der Waals surface area (Å²) < 4.78 is 11.4. The number of nitrogens with zero attached hydrogens (tertiary/aromatic N) is 2. The van der Waals surface area contributed by atoms with E-state index in [0.29, 0.717) is 23.4 Å². The Labute approximate surface area is 168 Å². The predicted molar refractivity (Wildman–Crippen MR) is 104 cm³/mol. The molecule has 3 aromatic rings. The van der Waals surface area contributed by atoms with Gasteiger partial charge in [-0.1, -0.05) is 33.2 Å². The maximum Gasteiger partial charge on any atom is 0.341 e. The lowest BCUT2D eigenvalue weighted by Gasteiger charge is -2.14. The third kappa shape index (κ3) is 4.74. The summed E-state index contributed by atoms with van der Waals surface area (Å²) in [6.07, 6.45) is 1.76. The van der Waals surface area contributed by atoms with Crippen LogP contribution in [0.2, 0.25) is 0 Å². The summed E-state index contributed by atoms with van der Waals surface area (Å²) in [5.74, 6) is -0.668. The molecule has 28 heavy (non-hydrogen) atoms. The summed E-state index contributed by atoms with van der Waals surface area (Å²) in [4.78, 5) is 26.2. The highest BCUT2D eigenvalue weighted by Crippen LogP contribution is 2.38. The molecule has 0 fully saturated rings. The fraction of sp³-hybridized carbons (Fsp3) is 0.158. The number of anilines is 1. The number of carbonyl (C=O) groups excluding carboxylic acids is 1. The first-order valence-electron chi connectivity index (χ1n) is 8.23. The van der Waals surface area contributed by atoms with Crippen molar-refractivity contribution >= 4 is 33.5 Å². The number of aromatic nitrogens is 2. The van der Waals surface area contributed by atoms with Gasteiger partial charge in [0.1, 0.15) is 5.75 Å². The second-order valence-electron chi connectivity index (χ2n) is 5.88. The van der Waals surface area contributed by atoms with Crippen molar-refractivity contribution in [2.75, 3.05) is 11.9 Å². The molecule has 0 bridgehead atoms. The number of hydrogen-bond acceptors (Lipinski definition) is 6. The van der Waals surface area contributed by atoms with E-state index >= 15 is 0 Å². The second-order valence-corrected chi connectivity index (χ2v) is 6.74. The number of nitrogens with one attached hydrogen (secondary N) is 1. The number of benzene rings is 2. The summed E-state index contributed by atoms with van der Waals surface area (Å²) in [6, 6.07) is 10.8. The zero-order valence-electron chi connectivity index (χ0n) is 14.8. The molecule has 0 aliphatic rings. The van der Waals surface area contributed by atoms with E-state index in [1.165, 1.54) is 13.3 Å². The lowest BCUT2D eigenvalue weighted by molar-refractivity contribution is -0.139. The van der Waals surface area contributed by atoms with Gasteiger partial charge in [-0.05, 0) is 41.8 Å². The van der Waals surface area contributed by atoms with E-state index in [1.54, 1.807) is 12.1 Å². The summed E-state index contributed by atoms with van der Waals surface area (Å²) in [5.41, 5.74) is 3.00. The average Bonchev–Trinajstić information content (AvgIpc) is 3.17. The average molecular weight is 446 g/mol. The summed E-state index contributed by atoms with van der Waals surface area (Å²) in [7, 11) is 0. The molecule has 3 rings (SSSR count). The normalized spacial score (nSPS) is 10.5. The Balaban J connectivity index is 1.98. The van der Waals surface area contributed by atoms with Crippen LogP contribution >= 0.6 is 15.9 Å². The minimum Gasteiger partial charge on any atom is -0.481 e. The number of carboxylic acids is 1. The SMILES string of the molecule is CC(=O)Nc1ccc(Cc2c(Br)ccc(OCC(=O)O)c2-c2ncno2)cc1. The van der Waals surface area contributed by atoms with Crippen molar-refractivity contribution < 1.29 is 24.0 Å². The molecule has 1 aromatic heterocycles. The summed E-state index contributed by atoms with van der Waals surface area (Å²) >= 11 is 3.53. The van der Waals surface area contributed by atoms with Gasteiger partial charge in [0.2, 0.25) is 5.91 Å². The first-order chi connectivity index (χ1) is 13.4. The highest BCUT2D eigenvalue weighted by molar-refractivity contribution is 9.10. The van der Waals surface area contributed by atoms with E-state index in [2.05, 4.69) is 31.4 Å².